The van der Waals surface area contributed by atoms with E-state index >= 15 is 0 Å². The summed E-state index contributed by atoms with van der Waals surface area (Å²) in [5.41, 5.74) is 5.36. The normalized spacial score (nSPS) is 18.0. The van der Waals surface area contributed by atoms with Gasteiger partial charge in [-0.15, -0.1) is 10.2 Å². The molecule has 84 valence electrons. The van der Waals surface area contributed by atoms with E-state index in [1.165, 1.54) is 4.31 Å². The molecule has 6 nitrogen and oxygen atoms in total. The van der Waals surface area contributed by atoms with Gasteiger partial charge < -0.3 is 5.73 Å². The van der Waals surface area contributed by atoms with Crippen molar-refractivity contribution in [3.63, 3.8) is 0 Å². The SMILES string of the molecule is CN(C1CCC1)S(=O)(=O)c1nnc(N)s1. The molecule has 1 aliphatic carbocycles. The van der Waals surface area contributed by atoms with E-state index < -0.39 is 10.0 Å². The van der Waals surface area contributed by atoms with Gasteiger partial charge in [-0.3, -0.25) is 0 Å². The lowest BCUT2D eigenvalue weighted by molar-refractivity contribution is 0.249. The first kappa shape index (κ1) is 10.8. The van der Waals surface area contributed by atoms with Crippen LogP contribution < -0.4 is 5.73 Å². The van der Waals surface area contributed by atoms with E-state index in [4.69, 9.17) is 5.73 Å². The second-order valence-electron chi connectivity index (χ2n) is 3.51. The molecule has 8 heteroatoms. The first-order chi connectivity index (χ1) is 7.01. The van der Waals surface area contributed by atoms with Crippen LogP contribution in [0.3, 0.4) is 0 Å². The molecule has 0 aliphatic heterocycles. The van der Waals surface area contributed by atoms with Crippen LogP contribution in [0.25, 0.3) is 0 Å². The van der Waals surface area contributed by atoms with Gasteiger partial charge in [-0.1, -0.05) is 17.8 Å². The predicted molar refractivity (Wildman–Crippen MR) is 56.9 cm³/mol. The summed E-state index contributed by atoms with van der Waals surface area (Å²) in [6.45, 7) is 0. The van der Waals surface area contributed by atoms with Crippen molar-refractivity contribution in [3.05, 3.63) is 0 Å². The highest BCUT2D eigenvalue weighted by molar-refractivity contribution is 7.91. The molecule has 0 unspecified atom stereocenters. The summed E-state index contributed by atoms with van der Waals surface area (Å²) < 4.78 is 25.3. The maximum absolute atomic E-state index is 12.0. The summed E-state index contributed by atoms with van der Waals surface area (Å²) in [4.78, 5) is 0. The monoisotopic (exact) mass is 248 g/mol. The van der Waals surface area contributed by atoms with Gasteiger partial charge in [0.05, 0.1) is 0 Å². The molecule has 1 heterocycles. The van der Waals surface area contributed by atoms with E-state index in [9.17, 15) is 8.42 Å². The van der Waals surface area contributed by atoms with E-state index in [0.717, 1.165) is 30.6 Å². The van der Waals surface area contributed by atoms with Crippen molar-refractivity contribution < 1.29 is 8.42 Å². The molecule has 2 N–H and O–H groups in total. The largest absolute Gasteiger partial charge is 0.374 e. The molecule has 0 spiro atoms. The van der Waals surface area contributed by atoms with E-state index in [-0.39, 0.29) is 15.5 Å². The third kappa shape index (κ3) is 1.84. The van der Waals surface area contributed by atoms with Gasteiger partial charge in [0.2, 0.25) is 9.47 Å². The van der Waals surface area contributed by atoms with E-state index in [1.807, 2.05) is 0 Å². The van der Waals surface area contributed by atoms with Crippen LogP contribution in [-0.2, 0) is 10.0 Å². The first-order valence-electron chi connectivity index (χ1n) is 4.59. The smallest absolute Gasteiger partial charge is 0.272 e. The lowest BCUT2D eigenvalue weighted by atomic mass is 9.94. The molecule has 0 radical (unpaired) electrons. The fourth-order valence-corrected chi connectivity index (χ4v) is 3.76. The zero-order valence-electron chi connectivity index (χ0n) is 8.25. The van der Waals surface area contributed by atoms with Crippen molar-refractivity contribution in [1.29, 1.82) is 0 Å². The Bertz CT molecular complexity index is 451. The first-order valence-corrected chi connectivity index (χ1v) is 6.84. The quantitative estimate of drug-likeness (QED) is 0.830. The molecule has 1 saturated carbocycles. The predicted octanol–water partition coefficient (Wildman–Crippen LogP) is 0.293. The third-order valence-electron chi connectivity index (χ3n) is 2.61. The van der Waals surface area contributed by atoms with Crippen LogP contribution in [0.4, 0.5) is 5.13 Å². The average molecular weight is 248 g/mol. The van der Waals surface area contributed by atoms with Crippen LogP contribution in [0.1, 0.15) is 19.3 Å². The Morgan fingerprint density at radius 3 is 2.53 bits per heavy atom. The Labute approximate surface area is 92.2 Å². The molecule has 2 rings (SSSR count). The maximum atomic E-state index is 12.0. The number of sulfonamides is 1. The summed E-state index contributed by atoms with van der Waals surface area (Å²) in [7, 11) is -1.90. The zero-order valence-corrected chi connectivity index (χ0v) is 9.88. The number of hydrogen-bond acceptors (Lipinski definition) is 6. The van der Waals surface area contributed by atoms with Crippen molar-refractivity contribution in [2.24, 2.45) is 0 Å². The Morgan fingerprint density at radius 1 is 1.47 bits per heavy atom. The van der Waals surface area contributed by atoms with Crippen LogP contribution in [0.2, 0.25) is 0 Å². The Balaban J connectivity index is 2.26. The van der Waals surface area contributed by atoms with Gasteiger partial charge in [0.15, 0.2) is 0 Å². The molecule has 0 atom stereocenters. The minimum Gasteiger partial charge on any atom is -0.374 e. The minimum atomic E-state index is -3.48. The van der Waals surface area contributed by atoms with Gasteiger partial charge in [0.25, 0.3) is 10.0 Å². The average Bonchev–Trinajstić information content (AvgIpc) is 2.49. The topological polar surface area (TPSA) is 89.2 Å². The summed E-state index contributed by atoms with van der Waals surface area (Å²) in [6.07, 6.45) is 2.93. The third-order valence-corrected chi connectivity index (χ3v) is 5.62. The number of hydrogen-bond donors (Lipinski definition) is 1. The fourth-order valence-electron chi connectivity index (χ4n) is 1.39. The van der Waals surface area contributed by atoms with E-state index in [0.29, 0.717) is 0 Å². The van der Waals surface area contributed by atoms with Crippen LogP contribution >= 0.6 is 11.3 Å². The van der Waals surface area contributed by atoms with Gasteiger partial charge in [0, 0.05) is 13.1 Å². The lowest BCUT2D eigenvalue weighted by Gasteiger charge is -2.32. The zero-order chi connectivity index (χ0) is 11.1. The molecule has 0 amide bonds. The lowest BCUT2D eigenvalue weighted by Crippen LogP contribution is -2.41. The van der Waals surface area contributed by atoms with Gasteiger partial charge in [-0.25, -0.2) is 8.42 Å². The number of nitrogens with zero attached hydrogens (tertiary/aromatic N) is 3. The Morgan fingerprint density at radius 2 is 2.13 bits per heavy atom. The molecule has 0 bridgehead atoms. The minimum absolute atomic E-state index is 0.0191. The highest BCUT2D eigenvalue weighted by atomic mass is 32.2. The Hall–Kier alpha value is -0.730. The number of aromatic nitrogens is 2. The van der Waals surface area contributed by atoms with Gasteiger partial charge in [-0.05, 0) is 12.8 Å². The number of rotatable bonds is 3. The number of anilines is 1. The van der Waals surface area contributed by atoms with E-state index in [1.54, 1.807) is 7.05 Å². The van der Waals surface area contributed by atoms with Crippen LogP contribution in [-0.4, -0.2) is 36.0 Å². The molecule has 1 fully saturated rings. The molecule has 1 aromatic heterocycles. The molecule has 1 aliphatic rings. The van der Waals surface area contributed by atoms with Crippen LogP contribution in [0, 0.1) is 0 Å². The highest BCUT2D eigenvalue weighted by Gasteiger charge is 2.33. The van der Waals surface area contributed by atoms with Crippen molar-refractivity contribution in [2.75, 3.05) is 12.8 Å². The second-order valence-corrected chi connectivity index (χ2v) is 6.69. The highest BCUT2D eigenvalue weighted by Crippen LogP contribution is 2.29. The molecular weight excluding hydrogens is 236 g/mol. The van der Waals surface area contributed by atoms with Crippen LogP contribution in [0.15, 0.2) is 4.34 Å². The maximum Gasteiger partial charge on any atom is 0.272 e. The molecule has 0 saturated heterocycles. The molecule has 15 heavy (non-hydrogen) atoms. The Kier molecular flexibility index (Phi) is 2.65. The van der Waals surface area contributed by atoms with Gasteiger partial charge in [0.1, 0.15) is 0 Å². The fraction of sp³-hybridized carbons (Fsp3) is 0.714. The van der Waals surface area contributed by atoms with Gasteiger partial charge in [-0.2, -0.15) is 4.31 Å². The molecule has 0 aromatic carbocycles. The summed E-state index contributed by atoms with van der Waals surface area (Å²) >= 11 is 0.901. The molecular formula is C7H12N4O2S2. The van der Waals surface area contributed by atoms with E-state index in [2.05, 4.69) is 10.2 Å². The van der Waals surface area contributed by atoms with Crippen LogP contribution in [0.5, 0.6) is 0 Å². The van der Waals surface area contributed by atoms with Crippen molar-refractivity contribution in [2.45, 2.75) is 29.6 Å². The number of nitrogens with two attached hydrogens (primary N) is 1. The second kappa shape index (κ2) is 3.69. The summed E-state index contributed by atoms with van der Waals surface area (Å²) in [5, 5.41) is 7.25. The summed E-state index contributed by atoms with van der Waals surface area (Å²) in [5.74, 6) is 0. The standard InChI is InChI=1S/C7H12N4O2S2/c1-11(5-3-2-4-5)15(12,13)7-10-9-6(8)14-7/h5H,2-4H2,1H3,(H2,8,9). The van der Waals surface area contributed by atoms with Crippen molar-refractivity contribution in [1.82, 2.24) is 14.5 Å². The van der Waals surface area contributed by atoms with Crippen molar-refractivity contribution in [3.8, 4) is 0 Å². The van der Waals surface area contributed by atoms with Crippen molar-refractivity contribution >= 4 is 26.5 Å². The summed E-state index contributed by atoms with van der Waals surface area (Å²) in [6, 6.07) is 0.111. The molecule has 1 aromatic rings. The van der Waals surface area contributed by atoms with Gasteiger partial charge >= 0.3 is 0 Å². The number of nitrogen functional groups attached to an aromatic ring is 1.